The third-order valence-corrected chi connectivity index (χ3v) is 5.08. The van der Waals surface area contributed by atoms with Crippen LogP contribution in [0.3, 0.4) is 0 Å². The maximum atomic E-state index is 12.8. The molecule has 3 rings (SSSR count). The van der Waals surface area contributed by atoms with Crippen LogP contribution in [-0.4, -0.2) is 51.7 Å². The molecule has 0 saturated carbocycles. The normalized spacial score (nSPS) is 17.7. The van der Waals surface area contributed by atoms with Gasteiger partial charge in [0.1, 0.15) is 5.76 Å². The molecule has 1 aromatic rings. The van der Waals surface area contributed by atoms with Gasteiger partial charge in [0.05, 0.1) is 38.4 Å². The van der Waals surface area contributed by atoms with Crippen LogP contribution in [-0.2, 0) is 11.3 Å². The van der Waals surface area contributed by atoms with Gasteiger partial charge in [0.2, 0.25) is 5.91 Å². The highest BCUT2D eigenvalue weighted by Crippen LogP contribution is 2.31. The number of aliphatic hydroxyl groups excluding tert-OH is 1. The molecular formula is C16H21N3O3S. The first kappa shape index (κ1) is 16.1. The van der Waals surface area contributed by atoms with Gasteiger partial charge in [-0.25, -0.2) is 0 Å². The molecule has 0 aromatic carbocycles. The summed E-state index contributed by atoms with van der Waals surface area (Å²) >= 11 is 1.58. The van der Waals surface area contributed by atoms with E-state index in [-0.39, 0.29) is 18.6 Å². The average molecular weight is 335 g/mol. The number of amides is 1. The first-order valence-corrected chi connectivity index (χ1v) is 8.71. The minimum Gasteiger partial charge on any atom is -0.467 e. The fourth-order valence-corrected chi connectivity index (χ4v) is 3.76. The van der Waals surface area contributed by atoms with E-state index in [0.717, 1.165) is 29.7 Å². The minimum absolute atomic E-state index is 0.00213. The Balaban J connectivity index is 1.70. The van der Waals surface area contributed by atoms with Crippen molar-refractivity contribution in [2.24, 2.45) is 4.99 Å². The summed E-state index contributed by atoms with van der Waals surface area (Å²) in [4.78, 5) is 21.1. The van der Waals surface area contributed by atoms with Gasteiger partial charge >= 0.3 is 0 Å². The molecule has 1 aromatic heterocycles. The number of carbonyl (C=O) groups is 1. The van der Waals surface area contributed by atoms with Gasteiger partial charge in [-0.1, -0.05) is 18.7 Å². The van der Waals surface area contributed by atoms with Gasteiger partial charge in [-0.2, -0.15) is 0 Å². The summed E-state index contributed by atoms with van der Waals surface area (Å²) in [5, 5.41) is 12.6. The second-order valence-corrected chi connectivity index (χ2v) is 6.40. The molecule has 0 bridgehead atoms. The van der Waals surface area contributed by atoms with Gasteiger partial charge in [-0.3, -0.25) is 9.79 Å². The summed E-state index contributed by atoms with van der Waals surface area (Å²) in [7, 11) is 0. The number of hydrogen-bond donors (Lipinski definition) is 1. The number of thioether (sulfide) groups is 1. The van der Waals surface area contributed by atoms with E-state index >= 15 is 0 Å². The molecule has 3 heterocycles. The van der Waals surface area contributed by atoms with Gasteiger partial charge in [0.25, 0.3) is 0 Å². The summed E-state index contributed by atoms with van der Waals surface area (Å²) in [6.07, 6.45) is 2.62. The van der Waals surface area contributed by atoms with Gasteiger partial charge in [0.15, 0.2) is 5.17 Å². The molecule has 1 atom stereocenters. The number of carbonyl (C=O) groups excluding carboxylic acids is 1. The van der Waals surface area contributed by atoms with E-state index in [4.69, 9.17) is 4.42 Å². The van der Waals surface area contributed by atoms with Crippen molar-refractivity contribution in [1.82, 2.24) is 9.80 Å². The van der Waals surface area contributed by atoms with Crippen molar-refractivity contribution < 1.29 is 14.3 Å². The Morgan fingerprint density at radius 1 is 1.61 bits per heavy atom. The predicted molar refractivity (Wildman–Crippen MR) is 89.7 cm³/mol. The smallest absolute Gasteiger partial charge is 0.229 e. The first-order valence-electron chi connectivity index (χ1n) is 7.83. The van der Waals surface area contributed by atoms with Crippen LogP contribution in [0.25, 0.3) is 0 Å². The molecule has 7 heteroatoms. The molecule has 2 aliphatic rings. The maximum absolute atomic E-state index is 12.8. The van der Waals surface area contributed by atoms with Crippen molar-refractivity contribution in [2.45, 2.75) is 32.4 Å². The predicted octanol–water partition coefficient (Wildman–Crippen LogP) is 2.03. The van der Waals surface area contributed by atoms with Gasteiger partial charge in [-0.15, -0.1) is 0 Å². The second kappa shape index (κ2) is 7.23. The molecule has 0 aliphatic carbocycles. The Bertz CT molecular complexity index is 608. The van der Waals surface area contributed by atoms with Crippen molar-refractivity contribution in [3.63, 3.8) is 0 Å². The molecule has 1 amide bonds. The molecule has 124 valence electrons. The van der Waals surface area contributed by atoms with Crippen LogP contribution in [0, 0.1) is 0 Å². The highest BCUT2D eigenvalue weighted by molar-refractivity contribution is 8.16. The SMILES string of the molecule is CC[C@@H](CO)N(Cc1ccco1)C(=O)CC1=CSC2=NCCN12. The molecule has 23 heavy (non-hydrogen) atoms. The van der Waals surface area contributed by atoms with E-state index in [1.165, 1.54) is 0 Å². The molecule has 1 N–H and O–H groups in total. The lowest BCUT2D eigenvalue weighted by Crippen LogP contribution is -2.42. The van der Waals surface area contributed by atoms with E-state index in [2.05, 4.69) is 9.89 Å². The molecule has 0 unspecified atom stereocenters. The van der Waals surface area contributed by atoms with Crippen LogP contribution >= 0.6 is 11.8 Å². The molecule has 6 nitrogen and oxygen atoms in total. The van der Waals surface area contributed by atoms with E-state index in [1.807, 2.05) is 18.4 Å². The Hall–Kier alpha value is -1.73. The zero-order chi connectivity index (χ0) is 16.2. The molecule has 0 fully saturated rings. The number of fused-ring (bicyclic) bond motifs is 1. The monoisotopic (exact) mass is 335 g/mol. The number of furan rings is 1. The first-order chi connectivity index (χ1) is 11.2. The molecular weight excluding hydrogens is 314 g/mol. The van der Waals surface area contributed by atoms with Crippen LogP contribution in [0.4, 0.5) is 0 Å². The fraction of sp³-hybridized carbons (Fsp3) is 0.500. The maximum Gasteiger partial charge on any atom is 0.229 e. The molecule has 0 saturated heterocycles. The minimum atomic E-state index is -0.200. The quantitative estimate of drug-likeness (QED) is 0.826. The molecule has 0 radical (unpaired) electrons. The zero-order valence-electron chi connectivity index (χ0n) is 13.1. The third kappa shape index (κ3) is 3.45. The number of hydrogen-bond acceptors (Lipinski definition) is 6. The lowest BCUT2D eigenvalue weighted by Gasteiger charge is -2.30. The number of aliphatic hydroxyl groups is 1. The van der Waals surface area contributed by atoms with Gasteiger partial charge in [0, 0.05) is 12.2 Å². The second-order valence-electron chi connectivity index (χ2n) is 5.57. The van der Waals surface area contributed by atoms with Gasteiger partial charge in [-0.05, 0) is 24.0 Å². The summed E-state index contributed by atoms with van der Waals surface area (Å²) in [6, 6.07) is 3.45. The van der Waals surface area contributed by atoms with Crippen molar-refractivity contribution in [1.29, 1.82) is 0 Å². The number of amidine groups is 1. The fourth-order valence-electron chi connectivity index (χ4n) is 2.81. The van der Waals surface area contributed by atoms with Crippen molar-refractivity contribution in [3.8, 4) is 0 Å². The topological polar surface area (TPSA) is 69.3 Å². The lowest BCUT2D eigenvalue weighted by molar-refractivity contribution is -0.135. The summed E-state index contributed by atoms with van der Waals surface area (Å²) in [6.45, 7) is 3.94. The van der Waals surface area contributed by atoms with Crippen LogP contribution in [0.2, 0.25) is 0 Å². The van der Waals surface area contributed by atoms with Crippen molar-refractivity contribution in [3.05, 3.63) is 35.3 Å². The highest BCUT2D eigenvalue weighted by atomic mass is 32.2. The average Bonchev–Trinajstić information content (AvgIpc) is 3.26. The van der Waals surface area contributed by atoms with Crippen molar-refractivity contribution in [2.75, 3.05) is 19.7 Å². The van der Waals surface area contributed by atoms with E-state index in [0.29, 0.717) is 19.4 Å². The molecule has 0 spiro atoms. The summed E-state index contributed by atoms with van der Waals surface area (Å²) in [5.74, 6) is 0.728. The van der Waals surface area contributed by atoms with Crippen LogP contribution < -0.4 is 0 Å². The Labute approximate surface area is 139 Å². The van der Waals surface area contributed by atoms with Crippen LogP contribution in [0.15, 0.2) is 38.9 Å². The molecule has 2 aliphatic heterocycles. The van der Waals surface area contributed by atoms with E-state index < -0.39 is 0 Å². The highest BCUT2D eigenvalue weighted by Gasteiger charge is 2.30. The Kier molecular flexibility index (Phi) is 5.07. The number of aliphatic imine (C=N–C) groups is 1. The van der Waals surface area contributed by atoms with Gasteiger partial charge < -0.3 is 19.3 Å². The Morgan fingerprint density at radius 2 is 2.48 bits per heavy atom. The van der Waals surface area contributed by atoms with E-state index in [9.17, 15) is 9.90 Å². The summed E-state index contributed by atoms with van der Waals surface area (Å²) in [5.41, 5.74) is 0.994. The third-order valence-electron chi connectivity index (χ3n) is 4.13. The van der Waals surface area contributed by atoms with Crippen LogP contribution in [0.1, 0.15) is 25.5 Å². The van der Waals surface area contributed by atoms with E-state index in [1.54, 1.807) is 29.0 Å². The number of rotatable bonds is 7. The number of nitrogens with zero attached hydrogens (tertiary/aromatic N) is 3. The largest absolute Gasteiger partial charge is 0.467 e. The zero-order valence-corrected chi connectivity index (χ0v) is 14.0. The Morgan fingerprint density at radius 3 is 3.17 bits per heavy atom. The van der Waals surface area contributed by atoms with Crippen LogP contribution in [0.5, 0.6) is 0 Å². The lowest BCUT2D eigenvalue weighted by atomic mass is 10.1. The standard InChI is InChI=1S/C16H21N3O3S/c1-2-12(10-20)19(9-14-4-3-7-22-14)15(21)8-13-11-23-16-17-5-6-18(13)16/h3-4,7,11-12,20H,2,5-6,8-10H2,1H3/t12-/m0/s1. The van der Waals surface area contributed by atoms with Crippen molar-refractivity contribution >= 4 is 22.8 Å². The summed E-state index contributed by atoms with van der Waals surface area (Å²) < 4.78 is 5.37.